The molecular formula is C15H15BrClNO. The van der Waals surface area contributed by atoms with Gasteiger partial charge in [-0.05, 0) is 52.7 Å². The van der Waals surface area contributed by atoms with E-state index in [1.54, 1.807) is 7.11 Å². The average Bonchev–Trinajstić information content (AvgIpc) is 2.40. The summed E-state index contributed by atoms with van der Waals surface area (Å²) in [4.78, 5) is 0. The molecule has 0 saturated carbocycles. The van der Waals surface area contributed by atoms with Gasteiger partial charge in [-0.15, -0.1) is 0 Å². The highest BCUT2D eigenvalue weighted by Crippen LogP contribution is 2.28. The Kier molecular flexibility index (Phi) is 4.72. The van der Waals surface area contributed by atoms with Gasteiger partial charge in [-0.25, -0.2) is 0 Å². The molecule has 0 radical (unpaired) electrons. The molecule has 0 heterocycles. The van der Waals surface area contributed by atoms with Crippen LogP contribution in [-0.2, 0) is 6.54 Å². The Morgan fingerprint density at radius 3 is 2.79 bits per heavy atom. The Balaban J connectivity index is 2.18. The van der Waals surface area contributed by atoms with Gasteiger partial charge in [0.1, 0.15) is 5.75 Å². The highest BCUT2D eigenvalue weighted by Gasteiger charge is 2.06. The van der Waals surface area contributed by atoms with E-state index >= 15 is 0 Å². The van der Waals surface area contributed by atoms with E-state index in [2.05, 4.69) is 34.2 Å². The molecule has 0 aliphatic rings. The molecule has 0 spiro atoms. The summed E-state index contributed by atoms with van der Waals surface area (Å²) in [6, 6.07) is 11.7. The molecule has 2 rings (SSSR count). The topological polar surface area (TPSA) is 21.3 Å². The van der Waals surface area contributed by atoms with Crippen LogP contribution in [0.3, 0.4) is 0 Å². The van der Waals surface area contributed by atoms with Crippen LogP contribution in [0.4, 0.5) is 5.69 Å². The first-order valence-corrected chi connectivity index (χ1v) is 7.10. The number of anilines is 1. The summed E-state index contributed by atoms with van der Waals surface area (Å²) in [6.07, 6.45) is 0. The van der Waals surface area contributed by atoms with Gasteiger partial charge in [-0.1, -0.05) is 23.7 Å². The summed E-state index contributed by atoms with van der Waals surface area (Å²) in [7, 11) is 1.66. The lowest BCUT2D eigenvalue weighted by Gasteiger charge is -2.13. The van der Waals surface area contributed by atoms with Gasteiger partial charge >= 0.3 is 0 Å². The number of aryl methyl sites for hydroxylation is 1. The highest BCUT2D eigenvalue weighted by molar-refractivity contribution is 9.10. The Hall–Kier alpha value is -1.19. The van der Waals surface area contributed by atoms with Crippen molar-refractivity contribution in [1.82, 2.24) is 0 Å². The van der Waals surface area contributed by atoms with E-state index in [0.717, 1.165) is 21.5 Å². The van der Waals surface area contributed by atoms with Crippen LogP contribution in [-0.4, -0.2) is 7.11 Å². The van der Waals surface area contributed by atoms with E-state index < -0.39 is 0 Å². The van der Waals surface area contributed by atoms with Crippen LogP contribution >= 0.6 is 27.5 Å². The number of rotatable bonds is 4. The van der Waals surface area contributed by atoms with E-state index in [0.29, 0.717) is 11.6 Å². The minimum Gasteiger partial charge on any atom is -0.496 e. The number of ether oxygens (including phenoxy) is 1. The molecule has 0 unspecified atom stereocenters. The van der Waals surface area contributed by atoms with Crippen LogP contribution in [0.1, 0.15) is 11.1 Å². The molecule has 2 aromatic carbocycles. The van der Waals surface area contributed by atoms with Crippen molar-refractivity contribution in [3.8, 4) is 5.75 Å². The first-order chi connectivity index (χ1) is 9.11. The van der Waals surface area contributed by atoms with E-state index in [9.17, 15) is 0 Å². The number of benzene rings is 2. The van der Waals surface area contributed by atoms with Crippen molar-refractivity contribution in [1.29, 1.82) is 0 Å². The molecule has 19 heavy (non-hydrogen) atoms. The predicted molar refractivity (Wildman–Crippen MR) is 84.2 cm³/mol. The molecule has 0 amide bonds. The van der Waals surface area contributed by atoms with Crippen molar-refractivity contribution in [2.45, 2.75) is 13.5 Å². The number of methoxy groups -OCH3 is 1. The van der Waals surface area contributed by atoms with Crippen molar-refractivity contribution in [2.75, 3.05) is 12.4 Å². The molecule has 4 heteroatoms. The van der Waals surface area contributed by atoms with Crippen molar-refractivity contribution in [2.24, 2.45) is 0 Å². The van der Waals surface area contributed by atoms with E-state index in [4.69, 9.17) is 16.3 Å². The third-order valence-electron chi connectivity index (χ3n) is 2.90. The van der Waals surface area contributed by atoms with Crippen LogP contribution in [0.5, 0.6) is 5.75 Å². The SMILES string of the molecule is COc1ccc(Cl)cc1CNc1cccc(C)c1Br. The molecule has 2 nitrogen and oxygen atoms in total. The molecule has 0 aromatic heterocycles. The highest BCUT2D eigenvalue weighted by atomic mass is 79.9. The molecule has 0 saturated heterocycles. The first-order valence-electron chi connectivity index (χ1n) is 5.93. The zero-order valence-corrected chi connectivity index (χ0v) is 13.2. The molecule has 0 fully saturated rings. The van der Waals surface area contributed by atoms with Gasteiger partial charge in [-0.3, -0.25) is 0 Å². The summed E-state index contributed by atoms with van der Waals surface area (Å²) in [5, 5.41) is 4.10. The molecule has 0 atom stereocenters. The summed E-state index contributed by atoms with van der Waals surface area (Å²) in [5.41, 5.74) is 3.29. The second-order valence-electron chi connectivity index (χ2n) is 4.25. The van der Waals surface area contributed by atoms with E-state index in [-0.39, 0.29) is 0 Å². The second kappa shape index (κ2) is 6.31. The van der Waals surface area contributed by atoms with Gasteiger partial charge < -0.3 is 10.1 Å². The lowest BCUT2D eigenvalue weighted by Crippen LogP contribution is -2.02. The van der Waals surface area contributed by atoms with Crippen molar-refractivity contribution < 1.29 is 4.74 Å². The van der Waals surface area contributed by atoms with Gasteiger partial charge in [0.2, 0.25) is 0 Å². The van der Waals surface area contributed by atoms with Crippen LogP contribution in [0, 0.1) is 6.92 Å². The summed E-state index contributed by atoms with van der Waals surface area (Å²) < 4.78 is 6.41. The van der Waals surface area contributed by atoms with Gasteiger partial charge in [0, 0.05) is 27.3 Å². The maximum atomic E-state index is 6.02. The minimum atomic E-state index is 0.659. The molecule has 0 aliphatic carbocycles. The van der Waals surface area contributed by atoms with Gasteiger partial charge in [0.25, 0.3) is 0 Å². The zero-order chi connectivity index (χ0) is 13.8. The fourth-order valence-corrected chi connectivity index (χ4v) is 2.46. The second-order valence-corrected chi connectivity index (χ2v) is 5.48. The number of hydrogen-bond acceptors (Lipinski definition) is 2. The van der Waals surface area contributed by atoms with Gasteiger partial charge in [-0.2, -0.15) is 0 Å². The van der Waals surface area contributed by atoms with Crippen molar-refractivity contribution in [3.63, 3.8) is 0 Å². The first kappa shape index (κ1) is 14.2. The minimum absolute atomic E-state index is 0.659. The van der Waals surface area contributed by atoms with Gasteiger partial charge in [0.15, 0.2) is 0 Å². The third kappa shape index (κ3) is 3.43. The molecule has 2 aromatic rings. The Morgan fingerprint density at radius 2 is 2.05 bits per heavy atom. The van der Waals surface area contributed by atoms with Crippen LogP contribution in [0.25, 0.3) is 0 Å². The zero-order valence-electron chi connectivity index (χ0n) is 10.8. The third-order valence-corrected chi connectivity index (χ3v) is 4.19. The average molecular weight is 341 g/mol. The maximum absolute atomic E-state index is 6.02. The monoisotopic (exact) mass is 339 g/mol. The molecule has 1 N–H and O–H groups in total. The van der Waals surface area contributed by atoms with E-state index in [1.807, 2.05) is 30.3 Å². The maximum Gasteiger partial charge on any atom is 0.123 e. The fourth-order valence-electron chi connectivity index (χ4n) is 1.86. The fraction of sp³-hybridized carbons (Fsp3) is 0.200. The summed E-state index contributed by atoms with van der Waals surface area (Å²) in [5.74, 6) is 0.834. The summed E-state index contributed by atoms with van der Waals surface area (Å²) in [6.45, 7) is 2.72. The van der Waals surface area contributed by atoms with Crippen molar-refractivity contribution >= 4 is 33.2 Å². The van der Waals surface area contributed by atoms with Crippen LogP contribution in [0.2, 0.25) is 5.02 Å². The lowest BCUT2D eigenvalue weighted by atomic mass is 10.2. The molecule has 0 bridgehead atoms. The Morgan fingerprint density at radius 1 is 1.26 bits per heavy atom. The number of hydrogen-bond donors (Lipinski definition) is 1. The Labute approximate surface area is 126 Å². The standard InChI is InChI=1S/C15H15BrClNO/c1-10-4-3-5-13(15(10)16)18-9-11-8-12(17)6-7-14(11)19-2/h3-8,18H,9H2,1-2H3. The quantitative estimate of drug-likeness (QED) is 0.842. The largest absolute Gasteiger partial charge is 0.496 e. The predicted octanol–water partition coefficient (Wildman–Crippen LogP) is 5.03. The number of halogens is 2. The van der Waals surface area contributed by atoms with Crippen LogP contribution < -0.4 is 10.1 Å². The number of nitrogens with one attached hydrogen (secondary N) is 1. The molecule has 0 aliphatic heterocycles. The normalized spacial score (nSPS) is 10.3. The molecule has 100 valence electrons. The van der Waals surface area contributed by atoms with E-state index in [1.165, 1.54) is 5.56 Å². The van der Waals surface area contributed by atoms with Crippen LogP contribution in [0.15, 0.2) is 40.9 Å². The molecular weight excluding hydrogens is 326 g/mol. The van der Waals surface area contributed by atoms with Gasteiger partial charge in [0.05, 0.1) is 7.11 Å². The lowest BCUT2D eigenvalue weighted by molar-refractivity contribution is 0.410. The smallest absolute Gasteiger partial charge is 0.123 e. The van der Waals surface area contributed by atoms with Crippen molar-refractivity contribution in [3.05, 3.63) is 57.0 Å². The summed E-state index contributed by atoms with van der Waals surface area (Å²) >= 11 is 9.60. The Bertz CT molecular complexity index is 586.